The zero-order valence-corrected chi connectivity index (χ0v) is 32.3. The van der Waals surface area contributed by atoms with Gasteiger partial charge in [-0.3, -0.25) is 0 Å². The zero-order chi connectivity index (χ0) is 39.1. The van der Waals surface area contributed by atoms with Gasteiger partial charge in [0.05, 0.1) is 11.2 Å². The molecule has 0 aliphatic heterocycles. The van der Waals surface area contributed by atoms with Crippen molar-refractivity contribution in [1.29, 1.82) is 0 Å². The first kappa shape index (κ1) is 34.5. The van der Waals surface area contributed by atoms with Gasteiger partial charge in [-0.05, 0) is 94.3 Å². The minimum absolute atomic E-state index is 0.779. The van der Waals surface area contributed by atoms with E-state index in [0.29, 0.717) is 0 Å². The van der Waals surface area contributed by atoms with Crippen molar-refractivity contribution in [2.24, 2.45) is 0 Å². The summed E-state index contributed by atoms with van der Waals surface area (Å²) in [5.41, 5.74) is 15.1. The number of nitrogens with zero attached hydrogens (tertiary/aromatic N) is 2. The monoisotopic (exact) mass is 754 g/mol. The van der Waals surface area contributed by atoms with E-state index in [9.17, 15) is 0 Å². The maximum atomic E-state index is 6.47. The molecule has 0 bridgehead atoms. The van der Waals surface area contributed by atoms with Gasteiger partial charge in [0.25, 0.3) is 0 Å². The number of hydrogen-bond acceptors (Lipinski definition) is 3. The largest absolute Gasteiger partial charge is 0.455 e. The number of rotatable bonds is 7. The number of para-hydroxylation sites is 3. The molecular formula is C56H38N2O. The van der Waals surface area contributed by atoms with Crippen LogP contribution in [0.1, 0.15) is 12.0 Å². The molecule has 11 rings (SSSR count). The molecule has 0 N–H and O–H groups in total. The molecule has 0 radical (unpaired) electrons. The van der Waals surface area contributed by atoms with Crippen molar-refractivity contribution in [3.63, 3.8) is 0 Å². The maximum Gasteiger partial charge on any atom is 0.142 e. The van der Waals surface area contributed by atoms with E-state index in [1.54, 1.807) is 0 Å². The minimum atomic E-state index is 0.779. The van der Waals surface area contributed by atoms with Gasteiger partial charge in [-0.1, -0.05) is 164 Å². The quantitative estimate of drug-likeness (QED) is 0.152. The van der Waals surface area contributed by atoms with Crippen LogP contribution in [0.15, 0.2) is 229 Å². The van der Waals surface area contributed by atoms with Crippen molar-refractivity contribution in [1.82, 2.24) is 4.98 Å². The Morgan fingerprint density at radius 2 is 1.08 bits per heavy atom. The van der Waals surface area contributed by atoms with Crippen molar-refractivity contribution in [2.45, 2.75) is 6.42 Å². The van der Waals surface area contributed by atoms with Gasteiger partial charge in [0.2, 0.25) is 0 Å². The average Bonchev–Trinajstić information content (AvgIpc) is 3.53. The van der Waals surface area contributed by atoms with E-state index in [1.165, 1.54) is 27.5 Å². The molecule has 3 heteroatoms. The smallest absolute Gasteiger partial charge is 0.142 e. The highest BCUT2D eigenvalue weighted by Gasteiger charge is 2.18. The van der Waals surface area contributed by atoms with Gasteiger partial charge in [-0.25, -0.2) is 4.98 Å². The second-order valence-electron chi connectivity index (χ2n) is 15.1. The van der Waals surface area contributed by atoms with Gasteiger partial charge >= 0.3 is 0 Å². The summed E-state index contributed by atoms with van der Waals surface area (Å²) in [5.74, 6) is 0. The first-order valence-corrected chi connectivity index (χ1v) is 20.2. The Balaban J connectivity index is 1.01. The lowest BCUT2D eigenvalue weighted by atomic mass is 9.97. The molecule has 278 valence electrons. The molecule has 0 spiro atoms. The summed E-state index contributed by atoms with van der Waals surface area (Å²) in [4.78, 5) is 7.57. The van der Waals surface area contributed by atoms with Gasteiger partial charge in [0.1, 0.15) is 11.2 Å². The van der Waals surface area contributed by atoms with Gasteiger partial charge < -0.3 is 9.32 Å². The van der Waals surface area contributed by atoms with E-state index in [-0.39, 0.29) is 0 Å². The first-order valence-electron chi connectivity index (χ1n) is 20.2. The molecule has 3 nitrogen and oxygen atoms in total. The SMILES string of the molecule is C1=CC(N(c2ccc(-c3ccccc3)cc2)c2cccc(-c3cccc(-c4nc5ccccc5c5ccccc45)c3)c2)=CC=C(c2cccc3c2oc2ccccc23)C1. The summed E-state index contributed by atoms with van der Waals surface area (Å²) >= 11 is 0. The molecule has 0 amide bonds. The van der Waals surface area contributed by atoms with Gasteiger partial charge in [0.15, 0.2) is 0 Å². The predicted octanol–water partition coefficient (Wildman–Crippen LogP) is 15.4. The third-order valence-corrected chi connectivity index (χ3v) is 11.5. The van der Waals surface area contributed by atoms with Crippen molar-refractivity contribution in [3.05, 3.63) is 230 Å². The fourth-order valence-corrected chi connectivity index (χ4v) is 8.64. The molecule has 10 aromatic rings. The Kier molecular flexibility index (Phi) is 8.56. The summed E-state index contributed by atoms with van der Waals surface area (Å²) < 4.78 is 6.47. The number of anilines is 2. The van der Waals surface area contributed by atoms with E-state index < -0.39 is 0 Å². The fourth-order valence-electron chi connectivity index (χ4n) is 8.64. The summed E-state index contributed by atoms with van der Waals surface area (Å²) in [6, 6.07) is 68.9. The fraction of sp³-hybridized carbons (Fsp3) is 0.0179. The number of hydrogen-bond donors (Lipinski definition) is 0. The highest BCUT2D eigenvalue weighted by Crippen LogP contribution is 2.40. The molecule has 59 heavy (non-hydrogen) atoms. The molecular weight excluding hydrogens is 717 g/mol. The molecule has 0 saturated heterocycles. The van der Waals surface area contributed by atoms with Crippen LogP contribution in [0.5, 0.6) is 0 Å². The molecule has 8 aromatic carbocycles. The van der Waals surface area contributed by atoms with Crippen molar-refractivity contribution < 1.29 is 4.42 Å². The Morgan fingerprint density at radius 1 is 0.441 bits per heavy atom. The van der Waals surface area contributed by atoms with Crippen LogP contribution in [0.4, 0.5) is 11.4 Å². The lowest BCUT2D eigenvalue weighted by molar-refractivity contribution is 0.667. The summed E-state index contributed by atoms with van der Waals surface area (Å²) in [6.07, 6.45) is 9.80. The van der Waals surface area contributed by atoms with Crippen LogP contribution >= 0.6 is 0 Å². The van der Waals surface area contributed by atoms with E-state index in [1.807, 2.05) is 12.1 Å². The number of pyridine rings is 1. The molecule has 2 heterocycles. The van der Waals surface area contributed by atoms with Crippen LogP contribution < -0.4 is 4.90 Å². The molecule has 1 aliphatic rings. The van der Waals surface area contributed by atoms with Gasteiger partial charge in [-0.15, -0.1) is 0 Å². The molecule has 0 unspecified atom stereocenters. The summed E-state index contributed by atoms with van der Waals surface area (Å²) in [6.45, 7) is 0. The van der Waals surface area contributed by atoms with Crippen LogP contribution in [0, 0.1) is 0 Å². The Morgan fingerprint density at radius 3 is 1.95 bits per heavy atom. The van der Waals surface area contributed by atoms with Crippen molar-refractivity contribution in [3.8, 4) is 33.5 Å². The highest BCUT2D eigenvalue weighted by atomic mass is 16.3. The second-order valence-corrected chi connectivity index (χ2v) is 15.1. The molecule has 0 atom stereocenters. The lowest BCUT2D eigenvalue weighted by Crippen LogP contribution is -2.15. The van der Waals surface area contributed by atoms with Crippen molar-refractivity contribution in [2.75, 3.05) is 4.90 Å². The maximum absolute atomic E-state index is 6.47. The first-order chi connectivity index (χ1) is 29.2. The standard InChI is InChI=1S/C56H38N2O/c1-2-14-38(15-3-1)39-30-33-45(34-31-39)58(44-20-11-16-40(32-35-44)47-26-13-27-52-50-24-7-9-29-54(50)59-56(47)52)46-21-12-18-42(37-46)41-17-10-19-43(36-41)55-51-25-5-4-22-48(51)49-23-6-8-28-53(49)57-55/h1-15,17-37H,16H2. The normalized spacial score (nSPS) is 12.8. The van der Waals surface area contributed by atoms with Gasteiger partial charge in [-0.2, -0.15) is 0 Å². The van der Waals surface area contributed by atoms with Crippen LogP contribution in [-0.2, 0) is 0 Å². The number of fused-ring (bicyclic) bond motifs is 6. The van der Waals surface area contributed by atoms with Crippen LogP contribution in [0.3, 0.4) is 0 Å². The Labute approximate surface area is 343 Å². The molecule has 2 aromatic heterocycles. The van der Waals surface area contributed by atoms with E-state index >= 15 is 0 Å². The van der Waals surface area contributed by atoms with Crippen LogP contribution in [0.2, 0.25) is 0 Å². The summed E-state index contributed by atoms with van der Waals surface area (Å²) in [5, 5.41) is 5.82. The predicted molar refractivity (Wildman–Crippen MR) is 248 cm³/mol. The molecule has 0 fully saturated rings. The van der Waals surface area contributed by atoms with E-state index in [2.05, 4.69) is 211 Å². The van der Waals surface area contributed by atoms with Crippen LogP contribution in [0.25, 0.3) is 82.7 Å². The zero-order valence-electron chi connectivity index (χ0n) is 32.3. The lowest BCUT2D eigenvalue weighted by Gasteiger charge is -2.27. The topological polar surface area (TPSA) is 29.3 Å². The molecule has 1 aliphatic carbocycles. The van der Waals surface area contributed by atoms with Gasteiger partial charge in [0, 0.05) is 49.7 Å². The third-order valence-electron chi connectivity index (χ3n) is 11.5. The highest BCUT2D eigenvalue weighted by molar-refractivity contribution is 6.11. The summed E-state index contributed by atoms with van der Waals surface area (Å²) in [7, 11) is 0. The van der Waals surface area contributed by atoms with Crippen molar-refractivity contribution >= 4 is 60.6 Å². The van der Waals surface area contributed by atoms with E-state index in [4.69, 9.17) is 9.40 Å². The molecule has 0 saturated carbocycles. The Bertz CT molecular complexity index is 3300. The van der Waals surface area contributed by atoms with E-state index in [0.717, 1.165) is 84.3 Å². The number of furan rings is 1. The number of allylic oxidation sites excluding steroid dienone is 5. The number of aromatic nitrogens is 1. The average molecular weight is 755 g/mol. The number of benzene rings is 8. The Hall–Kier alpha value is -7.75. The minimum Gasteiger partial charge on any atom is -0.455 e. The second kappa shape index (κ2) is 14.6. The third kappa shape index (κ3) is 6.30. The van der Waals surface area contributed by atoms with Crippen LogP contribution in [-0.4, -0.2) is 4.98 Å².